The van der Waals surface area contributed by atoms with Gasteiger partial charge in [0, 0.05) is 12.1 Å². The number of nitrogens with one attached hydrogen (secondary N) is 1. The summed E-state index contributed by atoms with van der Waals surface area (Å²) in [6.07, 6.45) is 0. The van der Waals surface area contributed by atoms with Crippen molar-refractivity contribution in [2.24, 2.45) is 0 Å². The van der Waals surface area contributed by atoms with Crippen molar-refractivity contribution in [2.45, 2.75) is 4.90 Å². The molecule has 1 rings (SSSR count). The van der Waals surface area contributed by atoms with Gasteiger partial charge in [0.2, 0.25) is 0 Å². The van der Waals surface area contributed by atoms with Crippen LogP contribution in [0.2, 0.25) is 5.02 Å². The fourth-order valence-electron chi connectivity index (χ4n) is 0.916. The molecule has 0 atom stereocenters. The number of rotatable bonds is 2. The van der Waals surface area contributed by atoms with Crippen molar-refractivity contribution in [3.05, 3.63) is 23.2 Å². The lowest BCUT2D eigenvalue weighted by Crippen LogP contribution is -2.03. The van der Waals surface area contributed by atoms with E-state index in [0.29, 0.717) is 5.69 Å². The van der Waals surface area contributed by atoms with Gasteiger partial charge in [0.1, 0.15) is 4.90 Å². The van der Waals surface area contributed by atoms with Crippen molar-refractivity contribution in [1.29, 1.82) is 0 Å². The first-order valence-electron chi connectivity index (χ1n) is 3.40. The minimum Gasteiger partial charge on any atom is -0.387 e. The van der Waals surface area contributed by atoms with Gasteiger partial charge < -0.3 is 5.32 Å². The molecule has 0 radical (unpaired) electrons. The van der Waals surface area contributed by atoms with E-state index in [1.54, 1.807) is 7.05 Å². The highest BCUT2D eigenvalue weighted by atomic mass is 35.5. The third kappa shape index (κ3) is 2.33. The highest BCUT2D eigenvalue weighted by Gasteiger charge is 2.14. The van der Waals surface area contributed by atoms with Crippen LogP contribution in [0.1, 0.15) is 0 Å². The van der Waals surface area contributed by atoms with Crippen LogP contribution in [0.15, 0.2) is 23.1 Å². The molecule has 1 aromatic carbocycles. The molecule has 13 heavy (non-hydrogen) atoms. The first-order chi connectivity index (χ1) is 5.95. The van der Waals surface area contributed by atoms with Gasteiger partial charge in [-0.1, -0.05) is 11.6 Å². The molecule has 0 aliphatic rings. The zero-order valence-electron chi connectivity index (χ0n) is 6.78. The maximum Gasteiger partial charge on any atom is 0.296 e. The Morgan fingerprint density at radius 1 is 1.46 bits per heavy atom. The van der Waals surface area contributed by atoms with Gasteiger partial charge in [-0.3, -0.25) is 4.55 Å². The zero-order valence-corrected chi connectivity index (χ0v) is 8.35. The Morgan fingerprint density at radius 3 is 2.54 bits per heavy atom. The van der Waals surface area contributed by atoms with Crippen molar-refractivity contribution in [3.63, 3.8) is 0 Å². The third-order valence-electron chi connectivity index (χ3n) is 1.49. The van der Waals surface area contributed by atoms with Gasteiger partial charge in [0.25, 0.3) is 10.1 Å². The Kier molecular flexibility index (Phi) is 2.80. The topological polar surface area (TPSA) is 66.4 Å². The molecule has 6 heteroatoms. The molecule has 0 spiro atoms. The van der Waals surface area contributed by atoms with E-state index in [1.807, 2.05) is 0 Å². The Bertz CT molecular complexity index is 416. The molecule has 0 unspecified atom stereocenters. The monoisotopic (exact) mass is 221 g/mol. The number of hydrogen-bond donors (Lipinski definition) is 2. The van der Waals surface area contributed by atoms with Crippen LogP contribution in [0, 0.1) is 0 Å². The van der Waals surface area contributed by atoms with Crippen molar-refractivity contribution in [2.75, 3.05) is 12.4 Å². The maximum atomic E-state index is 10.8. The van der Waals surface area contributed by atoms with Crippen molar-refractivity contribution >= 4 is 27.4 Å². The minimum atomic E-state index is -4.22. The molecule has 4 nitrogen and oxygen atoms in total. The van der Waals surface area contributed by atoms with E-state index in [4.69, 9.17) is 16.2 Å². The van der Waals surface area contributed by atoms with Gasteiger partial charge in [-0.15, -0.1) is 0 Å². The molecular weight excluding hydrogens is 214 g/mol. The van der Waals surface area contributed by atoms with Crippen LogP contribution in [0.3, 0.4) is 0 Å². The molecule has 0 amide bonds. The molecule has 0 bridgehead atoms. The van der Waals surface area contributed by atoms with Gasteiger partial charge >= 0.3 is 0 Å². The van der Waals surface area contributed by atoms with Crippen molar-refractivity contribution in [3.8, 4) is 0 Å². The number of hydrogen-bond acceptors (Lipinski definition) is 3. The van der Waals surface area contributed by atoms with Crippen LogP contribution in [-0.4, -0.2) is 20.0 Å². The first-order valence-corrected chi connectivity index (χ1v) is 5.22. The van der Waals surface area contributed by atoms with Gasteiger partial charge in [-0.05, 0) is 18.2 Å². The van der Waals surface area contributed by atoms with Gasteiger partial charge in [0.05, 0.1) is 5.69 Å². The van der Waals surface area contributed by atoms with Crippen LogP contribution in [0.4, 0.5) is 5.69 Å². The summed E-state index contributed by atoms with van der Waals surface area (Å²) in [7, 11) is -2.66. The molecule has 0 aromatic heterocycles. The van der Waals surface area contributed by atoms with Crippen LogP contribution < -0.4 is 5.32 Å². The lowest BCUT2D eigenvalue weighted by Gasteiger charge is -2.05. The van der Waals surface area contributed by atoms with Crippen molar-refractivity contribution in [1.82, 2.24) is 0 Å². The summed E-state index contributed by atoms with van der Waals surface area (Å²) >= 11 is 5.58. The smallest absolute Gasteiger partial charge is 0.296 e. The summed E-state index contributed by atoms with van der Waals surface area (Å²) in [6.45, 7) is 0. The van der Waals surface area contributed by atoms with Gasteiger partial charge in [0.15, 0.2) is 0 Å². The Morgan fingerprint density at radius 2 is 2.08 bits per heavy atom. The molecule has 0 aliphatic carbocycles. The summed E-state index contributed by atoms with van der Waals surface area (Å²) < 4.78 is 30.4. The van der Waals surface area contributed by atoms with E-state index in [9.17, 15) is 8.42 Å². The minimum absolute atomic E-state index is 0.220. The molecule has 0 aliphatic heterocycles. The predicted molar refractivity (Wildman–Crippen MR) is 50.8 cm³/mol. The van der Waals surface area contributed by atoms with Gasteiger partial charge in [-0.2, -0.15) is 8.42 Å². The van der Waals surface area contributed by atoms with Crippen LogP contribution in [0.25, 0.3) is 0 Å². The van der Waals surface area contributed by atoms with Crippen LogP contribution >= 0.6 is 11.6 Å². The lowest BCUT2D eigenvalue weighted by atomic mass is 10.3. The maximum absolute atomic E-state index is 10.8. The molecule has 0 heterocycles. The quantitative estimate of drug-likeness (QED) is 0.745. The normalized spacial score (nSPS) is 11.3. The Labute approximate surface area is 81.3 Å². The first kappa shape index (κ1) is 10.3. The standard InChI is InChI=1S/C7H8ClNO3S/c1-9-6-3-2-5(8)4-7(6)13(10,11)12/h2-4,9H,1H3,(H,10,11,12). The second-order valence-electron chi connectivity index (χ2n) is 2.37. The lowest BCUT2D eigenvalue weighted by molar-refractivity contribution is 0.483. The molecule has 1 aromatic rings. The Hall–Kier alpha value is -0.780. The zero-order chi connectivity index (χ0) is 10.1. The Balaban J connectivity index is 3.41. The second-order valence-corrected chi connectivity index (χ2v) is 4.19. The average molecular weight is 222 g/mol. The van der Waals surface area contributed by atoms with E-state index >= 15 is 0 Å². The fourth-order valence-corrected chi connectivity index (χ4v) is 1.88. The van der Waals surface area contributed by atoms with Crippen LogP contribution in [0.5, 0.6) is 0 Å². The molecular formula is C7H8ClNO3S. The molecule has 72 valence electrons. The molecule has 2 N–H and O–H groups in total. The van der Waals surface area contributed by atoms with E-state index < -0.39 is 10.1 Å². The average Bonchev–Trinajstić information content (AvgIpc) is 2.03. The fraction of sp³-hybridized carbons (Fsp3) is 0.143. The summed E-state index contributed by atoms with van der Waals surface area (Å²) in [5.74, 6) is 0. The summed E-state index contributed by atoms with van der Waals surface area (Å²) in [5, 5.41) is 2.89. The second kappa shape index (κ2) is 3.53. The number of anilines is 1. The van der Waals surface area contributed by atoms with Gasteiger partial charge in [-0.25, -0.2) is 0 Å². The molecule has 0 saturated heterocycles. The van der Waals surface area contributed by atoms with E-state index in [1.165, 1.54) is 18.2 Å². The largest absolute Gasteiger partial charge is 0.387 e. The summed E-state index contributed by atoms with van der Waals surface area (Å²) in [4.78, 5) is -0.220. The molecule has 0 fully saturated rings. The number of benzene rings is 1. The summed E-state index contributed by atoms with van der Waals surface area (Å²) in [5.41, 5.74) is 0.312. The SMILES string of the molecule is CNc1ccc(Cl)cc1S(=O)(=O)O. The van der Waals surface area contributed by atoms with E-state index in [2.05, 4.69) is 5.32 Å². The number of halogens is 1. The predicted octanol–water partition coefficient (Wildman–Crippen LogP) is 1.63. The highest BCUT2D eigenvalue weighted by molar-refractivity contribution is 7.86. The highest BCUT2D eigenvalue weighted by Crippen LogP contribution is 2.24. The van der Waals surface area contributed by atoms with E-state index in [-0.39, 0.29) is 9.92 Å². The third-order valence-corrected chi connectivity index (χ3v) is 2.62. The summed E-state index contributed by atoms with van der Waals surface area (Å²) in [6, 6.07) is 4.19. The molecule has 0 saturated carbocycles. The van der Waals surface area contributed by atoms with Crippen LogP contribution in [-0.2, 0) is 10.1 Å². The van der Waals surface area contributed by atoms with Crippen molar-refractivity contribution < 1.29 is 13.0 Å². The van der Waals surface area contributed by atoms with E-state index in [0.717, 1.165) is 0 Å².